The van der Waals surface area contributed by atoms with Gasteiger partial charge in [-0.2, -0.15) is 0 Å². The summed E-state index contributed by atoms with van der Waals surface area (Å²) >= 11 is 0. The van der Waals surface area contributed by atoms with E-state index in [1.165, 1.54) is 19.5 Å². The number of nitrogens with one attached hydrogen (secondary N) is 1. The Balaban J connectivity index is 2.49. The second-order valence-electron chi connectivity index (χ2n) is 2.93. The van der Waals surface area contributed by atoms with Crippen LogP contribution in [0.5, 0.6) is 0 Å². The first-order valence-corrected chi connectivity index (χ1v) is 4.07. The molecule has 0 fully saturated rings. The summed E-state index contributed by atoms with van der Waals surface area (Å²) < 4.78 is 4.58. The number of rotatable bonds is 1. The fraction of sp³-hybridized carbons (Fsp3) is 0.222. The Bertz CT molecular complexity index is 415. The lowest BCUT2D eigenvalue weighted by molar-refractivity contribution is -0.115. The maximum Gasteiger partial charge on any atom is 0.339 e. The fourth-order valence-electron chi connectivity index (χ4n) is 1.43. The number of hydrogen-bond donors (Lipinski definition) is 1. The first-order valence-electron chi connectivity index (χ1n) is 4.07. The average Bonchev–Trinajstić information content (AvgIpc) is 2.56. The third-order valence-corrected chi connectivity index (χ3v) is 2.07. The molecular weight excluding hydrogens is 184 g/mol. The van der Waals surface area contributed by atoms with Crippen LogP contribution in [-0.4, -0.2) is 24.0 Å². The molecule has 72 valence electrons. The summed E-state index contributed by atoms with van der Waals surface area (Å²) in [4.78, 5) is 26.2. The zero-order valence-corrected chi connectivity index (χ0v) is 7.53. The van der Waals surface area contributed by atoms with Crippen LogP contribution in [0.3, 0.4) is 0 Å². The molecule has 0 spiro atoms. The van der Waals surface area contributed by atoms with Gasteiger partial charge in [0.15, 0.2) is 0 Å². The number of methoxy groups -OCH3 is 1. The molecule has 0 aliphatic carbocycles. The van der Waals surface area contributed by atoms with Crippen molar-refractivity contribution in [2.75, 3.05) is 12.4 Å². The zero-order chi connectivity index (χ0) is 10.1. The Labute approximate surface area is 80.1 Å². The number of pyridine rings is 1. The summed E-state index contributed by atoms with van der Waals surface area (Å²) in [7, 11) is 1.30. The van der Waals surface area contributed by atoms with Gasteiger partial charge < -0.3 is 10.1 Å². The highest BCUT2D eigenvalue weighted by Crippen LogP contribution is 2.25. The lowest BCUT2D eigenvalue weighted by Gasteiger charge is -2.03. The summed E-state index contributed by atoms with van der Waals surface area (Å²) in [5.41, 5.74) is 1.61. The minimum atomic E-state index is -0.467. The van der Waals surface area contributed by atoms with Crippen molar-refractivity contribution in [2.24, 2.45) is 0 Å². The summed E-state index contributed by atoms with van der Waals surface area (Å²) in [5, 5.41) is 2.61. The van der Waals surface area contributed by atoms with Crippen LogP contribution < -0.4 is 5.32 Å². The molecule has 1 aromatic heterocycles. The van der Waals surface area contributed by atoms with Crippen LogP contribution in [0, 0.1) is 0 Å². The molecule has 0 atom stereocenters. The number of amides is 1. The number of esters is 1. The molecule has 1 aromatic rings. The molecule has 0 radical (unpaired) electrons. The second-order valence-corrected chi connectivity index (χ2v) is 2.93. The summed E-state index contributed by atoms with van der Waals surface area (Å²) in [6.45, 7) is 0. The Kier molecular flexibility index (Phi) is 1.92. The highest BCUT2D eigenvalue weighted by Gasteiger charge is 2.24. The Hall–Kier alpha value is -1.91. The molecule has 0 aromatic carbocycles. The van der Waals surface area contributed by atoms with Crippen molar-refractivity contribution in [2.45, 2.75) is 6.42 Å². The van der Waals surface area contributed by atoms with Crippen molar-refractivity contribution < 1.29 is 14.3 Å². The Morgan fingerprint density at radius 2 is 2.36 bits per heavy atom. The van der Waals surface area contributed by atoms with Crippen molar-refractivity contribution in [3.63, 3.8) is 0 Å². The van der Waals surface area contributed by atoms with Crippen LogP contribution >= 0.6 is 0 Å². The van der Waals surface area contributed by atoms with Gasteiger partial charge in [0, 0.05) is 11.8 Å². The molecule has 5 heteroatoms. The van der Waals surface area contributed by atoms with E-state index in [1.807, 2.05) is 0 Å². The van der Waals surface area contributed by atoms with Gasteiger partial charge in [-0.05, 0) is 0 Å². The fourth-order valence-corrected chi connectivity index (χ4v) is 1.43. The molecular formula is C9H8N2O3. The van der Waals surface area contributed by atoms with Crippen molar-refractivity contribution in [3.05, 3.63) is 23.5 Å². The number of anilines is 1. The van der Waals surface area contributed by atoms with E-state index in [0.29, 0.717) is 16.8 Å². The van der Waals surface area contributed by atoms with E-state index in [9.17, 15) is 9.59 Å². The van der Waals surface area contributed by atoms with Gasteiger partial charge in [0.2, 0.25) is 5.91 Å². The van der Waals surface area contributed by atoms with Gasteiger partial charge >= 0.3 is 5.97 Å². The van der Waals surface area contributed by atoms with Gasteiger partial charge in [-0.15, -0.1) is 0 Å². The molecule has 0 bridgehead atoms. The van der Waals surface area contributed by atoms with Crippen LogP contribution in [0.25, 0.3) is 0 Å². The van der Waals surface area contributed by atoms with E-state index in [4.69, 9.17) is 0 Å². The third-order valence-electron chi connectivity index (χ3n) is 2.07. The summed E-state index contributed by atoms with van der Waals surface area (Å²) in [6, 6.07) is 0. The molecule has 1 amide bonds. The topological polar surface area (TPSA) is 68.3 Å². The van der Waals surface area contributed by atoms with Crippen LogP contribution in [0.4, 0.5) is 5.69 Å². The van der Waals surface area contributed by atoms with E-state index in [0.717, 1.165) is 0 Å². The Morgan fingerprint density at radius 1 is 1.57 bits per heavy atom. The lowest BCUT2D eigenvalue weighted by Crippen LogP contribution is -2.06. The minimum absolute atomic E-state index is 0.127. The summed E-state index contributed by atoms with van der Waals surface area (Å²) in [5.74, 6) is -0.594. The van der Waals surface area contributed by atoms with Crippen molar-refractivity contribution in [1.82, 2.24) is 4.98 Å². The van der Waals surface area contributed by atoms with Crippen LogP contribution in [-0.2, 0) is 16.0 Å². The van der Waals surface area contributed by atoms with Gasteiger partial charge in [-0.25, -0.2) is 4.79 Å². The number of carbonyl (C=O) groups is 2. The normalized spacial score (nSPS) is 13.4. The van der Waals surface area contributed by atoms with Crippen molar-refractivity contribution >= 4 is 17.6 Å². The molecule has 0 saturated carbocycles. The predicted molar refractivity (Wildman–Crippen MR) is 47.9 cm³/mol. The van der Waals surface area contributed by atoms with Gasteiger partial charge in [0.25, 0.3) is 0 Å². The predicted octanol–water partition coefficient (Wildman–Crippen LogP) is 0.363. The molecule has 5 nitrogen and oxygen atoms in total. The Morgan fingerprint density at radius 3 is 3.07 bits per heavy atom. The van der Waals surface area contributed by atoms with Gasteiger partial charge in [-0.3, -0.25) is 9.78 Å². The van der Waals surface area contributed by atoms with Gasteiger partial charge in [0.05, 0.1) is 31.0 Å². The van der Waals surface area contributed by atoms with E-state index in [-0.39, 0.29) is 12.3 Å². The SMILES string of the molecule is COC(=O)c1cncc2c1CC(=O)N2. The van der Waals surface area contributed by atoms with Gasteiger partial charge in [-0.1, -0.05) is 0 Å². The maximum atomic E-state index is 11.3. The van der Waals surface area contributed by atoms with E-state index in [1.54, 1.807) is 0 Å². The summed E-state index contributed by atoms with van der Waals surface area (Å²) in [6.07, 6.45) is 3.14. The first kappa shape index (κ1) is 8.68. The molecule has 0 unspecified atom stereocenters. The van der Waals surface area contributed by atoms with E-state index >= 15 is 0 Å². The van der Waals surface area contributed by atoms with Gasteiger partial charge in [0.1, 0.15) is 0 Å². The third kappa shape index (κ3) is 1.22. The monoisotopic (exact) mass is 192 g/mol. The number of nitrogens with zero attached hydrogens (tertiary/aromatic N) is 1. The zero-order valence-electron chi connectivity index (χ0n) is 7.53. The second kappa shape index (κ2) is 3.10. The van der Waals surface area contributed by atoms with Crippen LogP contribution in [0.2, 0.25) is 0 Å². The number of fused-ring (bicyclic) bond motifs is 1. The standard InChI is InChI=1S/C9H8N2O3/c1-14-9(13)6-3-10-4-7-5(6)2-8(12)11-7/h3-4H,2H2,1H3,(H,11,12). The average molecular weight is 192 g/mol. The van der Waals surface area contributed by atoms with Crippen LogP contribution in [0.1, 0.15) is 15.9 Å². The van der Waals surface area contributed by atoms with Crippen molar-refractivity contribution in [3.8, 4) is 0 Å². The number of carbonyl (C=O) groups excluding carboxylic acids is 2. The number of ether oxygens (including phenoxy) is 1. The lowest BCUT2D eigenvalue weighted by atomic mass is 10.1. The molecule has 1 aliphatic heterocycles. The highest BCUT2D eigenvalue weighted by atomic mass is 16.5. The largest absolute Gasteiger partial charge is 0.465 e. The molecule has 0 saturated heterocycles. The number of hydrogen-bond acceptors (Lipinski definition) is 4. The molecule has 1 N–H and O–H groups in total. The molecule has 2 rings (SSSR count). The van der Waals surface area contributed by atoms with E-state index in [2.05, 4.69) is 15.0 Å². The molecule has 2 heterocycles. The van der Waals surface area contributed by atoms with Crippen molar-refractivity contribution in [1.29, 1.82) is 0 Å². The first-order chi connectivity index (χ1) is 6.72. The molecule has 1 aliphatic rings. The smallest absolute Gasteiger partial charge is 0.339 e. The quantitative estimate of drug-likeness (QED) is 0.652. The maximum absolute atomic E-state index is 11.3. The number of aromatic nitrogens is 1. The highest BCUT2D eigenvalue weighted by molar-refractivity contribution is 6.03. The minimum Gasteiger partial charge on any atom is -0.465 e. The van der Waals surface area contributed by atoms with Crippen LogP contribution in [0.15, 0.2) is 12.4 Å². The van der Waals surface area contributed by atoms with E-state index < -0.39 is 5.97 Å². The molecule has 14 heavy (non-hydrogen) atoms.